The molecule has 0 radical (unpaired) electrons. The summed E-state index contributed by atoms with van der Waals surface area (Å²) in [5.74, 6) is 0.00304. The number of carbonyl (C=O) groups is 2. The van der Waals surface area contributed by atoms with Crippen LogP contribution in [0.4, 0.5) is 10.5 Å². The number of carbonyl (C=O) groups excluding carboxylic acids is 2. The molecule has 1 heterocycles. The molecule has 2 amide bonds. The molecule has 0 aliphatic carbocycles. The van der Waals surface area contributed by atoms with Crippen LogP contribution in [0.25, 0.3) is 11.1 Å². The number of aliphatic hydroxyl groups excluding tert-OH is 1. The Morgan fingerprint density at radius 3 is 2.48 bits per heavy atom. The lowest BCUT2D eigenvalue weighted by Gasteiger charge is -2.31. The molecule has 31 heavy (non-hydrogen) atoms. The van der Waals surface area contributed by atoms with Crippen molar-refractivity contribution in [1.29, 1.82) is 0 Å². The van der Waals surface area contributed by atoms with Crippen molar-refractivity contribution >= 4 is 17.7 Å². The summed E-state index contributed by atoms with van der Waals surface area (Å²) in [5, 5.41) is 14.4. The van der Waals surface area contributed by atoms with Crippen LogP contribution < -0.4 is 10.6 Å². The predicted molar refractivity (Wildman–Crippen MR) is 121 cm³/mol. The van der Waals surface area contributed by atoms with Crippen LogP contribution >= 0.6 is 0 Å². The Hall–Kier alpha value is -2.90. The molecule has 1 fully saturated rings. The van der Waals surface area contributed by atoms with Crippen molar-refractivity contribution in [2.24, 2.45) is 0 Å². The van der Waals surface area contributed by atoms with E-state index in [1.165, 1.54) is 0 Å². The Balaban J connectivity index is 1.42. The van der Waals surface area contributed by atoms with Crippen LogP contribution in [-0.2, 0) is 9.53 Å². The SMILES string of the molecule is O=C(CCN1CCC(OC(=O)Nc2ccccc2-c2ccccc2)CC1)NCCCO. The zero-order chi connectivity index (χ0) is 21.9. The first-order valence-electron chi connectivity index (χ1n) is 10.9. The second-order valence-corrected chi connectivity index (χ2v) is 7.66. The fourth-order valence-electron chi connectivity index (χ4n) is 3.66. The number of piperidine rings is 1. The summed E-state index contributed by atoms with van der Waals surface area (Å²) in [5.41, 5.74) is 2.71. The van der Waals surface area contributed by atoms with Gasteiger partial charge >= 0.3 is 6.09 Å². The van der Waals surface area contributed by atoms with Gasteiger partial charge in [-0.05, 0) is 30.9 Å². The standard InChI is InChI=1S/C24H31N3O4/c28-18-6-14-25-23(29)13-17-27-15-11-20(12-16-27)31-24(30)26-22-10-5-4-9-21(22)19-7-2-1-3-8-19/h1-5,7-10,20,28H,6,11-18H2,(H,25,29)(H,26,30). The lowest BCUT2D eigenvalue weighted by molar-refractivity contribution is -0.121. The molecule has 0 bridgehead atoms. The molecule has 7 heteroatoms. The largest absolute Gasteiger partial charge is 0.446 e. The first kappa shape index (κ1) is 22.8. The summed E-state index contributed by atoms with van der Waals surface area (Å²) in [6.45, 7) is 2.87. The van der Waals surface area contributed by atoms with Crippen LogP contribution in [0.15, 0.2) is 54.6 Å². The Labute approximate surface area is 183 Å². The zero-order valence-electron chi connectivity index (χ0n) is 17.8. The Kier molecular flexibility index (Phi) is 8.87. The third-order valence-electron chi connectivity index (χ3n) is 5.37. The lowest BCUT2D eigenvalue weighted by atomic mass is 10.0. The number of benzene rings is 2. The number of amides is 2. The number of nitrogens with one attached hydrogen (secondary N) is 2. The highest BCUT2D eigenvalue weighted by Crippen LogP contribution is 2.28. The van der Waals surface area contributed by atoms with Crippen LogP contribution in [-0.4, -0.2) is 60.9 Å². The monoisotopic (exact) mass is 425 g/mol. The number of rotatable bonds is 9. The number of anilines is 1. The molecule has 166 valence electrons. The third kappa shape index (κ3) is 7.38. The van der Waals surface area contributed by atoms with Crippen molar-refractivity contribution < 1.29 is 19.4 Å². The van der Waals surface area contributed by atoms with E-state index in [0.29, 0.717) is 25.9 Å². The average molecular weight is 426 g/mol. The molecule has 0 aromatic heterocycles. The highest BCUT2D eigenvalue weighted by Gasteiger charge is 2.23. The number of ether oxygens (including phenoxy) is 1. The zero-order valence-corrected chi connectivity index (χ0v) is 17.8. The van der Waals surface area contributed by atoms with Crippen LogP contribution in [0.3, 0.4) is 0 Å². The molecule has 1 aliphatic rings. The Bertz CT molecular complexity index is 836. The van der Waals surface area contributed by atoms with E-state index >= 15 is 0 Å². The van der Waals surface area contributed by atoms with Crippen LogP contribution in [0.5, 0.6) is 0 Å². The second-order valence-electron chi connectivity index (χ2n) is 7.66. The number of hydrogen-bond acceptors (Lipinski definition) is 5. The fourth-order valence-corrected chi connectivity index (χ4v) is 3.66. The number of para-hydroxylation sites is 1. The highest BCUT2D eigenvalue weighted by molar-refractivity contribution is 5.91. The lowest BCUT2D eigenvalue weighted by Crippen LogP contribution is -2.40. The van der Waals surface area contributed by atoms with E-state index in [9.17, 15) is 9.59 Å². The molecular weight excluding hydrogens is 394 g/mol. The first-order chi connectivity index (χ1) is 15.2. The Morgan fingerprint density at radius 2 is 1.74 bits per heavy atom. The van der Waals surface area contributed by atoms with Gasteiger partial charge in [0.15, 0.2) is 0 Å². The molecule has 1 saturated heterocycles. The minimum Gasteiger partial charge on any atom is -0.446 e. The van der Waals surface area contributed by atoms with Gasteiger partial charge in [0.25, 0.3) is 0 Å². The molecule has 1 aliphatic heterocycles. The molecule has 0 spiro atoms. The minimum absolute atomic E-state index is 0.00304. The molecule has 0 atom stereocenters. The van der Waals surface area contributed by atoms with Gasteiger partial charge in [0, 0.05) is 44.8 Å². The molecule has 7 nitrogen and oxygen atoms in total. The summed E-state index contributed by atoms with van der Waals surface area (Å²) in [6.07, 6.45) is 1.95. The summed E-state index contributed by atoms with van der Waals surface area (Å²) < 4.78 is 5.65. The fraction of sp³-hybridized carbons (Fsp3) is 0.417. The van der Waals surface area contributed by atoms with Crippen LogP contribution in [0.1, 0.15) is 25.7 Å². The van der Waals surface area contributed by atoms with Gasteiger partial charge < -0.3 is 20.1 Å². The summed E-state index contributed by atoms with van der Waals surface area (Å²) in [7, 11) is 0. The van der Waals surface area contributed by atoms with E-state index in [4.69, 9.17) is 9.84 Å². The molecule has 0 saturated carbocycles. The maximum atomic E-state index is 12.5. The van der Waals surface area contributed by atoms with Gasteiger partial charge in [-0.3, -0.25) is 10.1 Å². The van der Waals surface area contributed by atoms with Crippen molar-refractivity contribution in [2.75, 3.05) is 38.1 Å². The molecule has 0 unspecified atom stereocenters. The van der Waals surface area contributed by atoms with Crippen LogP contribution in [0.2, 0.25) is 0 Å². The van der Waals surface area contributed by atoms with Gasteiger partial charge in [-0.15, -0.1) is 0 Å². The number of likely N-dealkylation sites (tertiary alicyclic amines) is 1. The first-order valence-corrected chi connectivity index (χ1v) is 10.9. The normalized spacial score (nSPS) is 14.7. The van der Waals surface area contributed by atoms with Crippen molar-refractivity contribution in [3.63, 3.8) is 0 Å². The second kappa shape index (κ2) is 12.1. The minimum atomic E-state index is -0.440. The van der Waals surface area contributed by atoms with E-state index in [1.807, 2.05) is 54.6 Å². The maximum Gasteiger partial charge on any atom is 0.411 e. The van der Waals surface area contributed by atoms with Crippen molar-refractivity contribution in [3.8, 4) is 11.1 Å². The van der Waals surface area contributed by atoms with Crippen molar-refractivity contribution in [1.82, 2.24) is 10.2 Å². The van der Waals surface area contributed by atoms with Gasteiger partial charge in [0.05, 0.1) is 5.69 Å². The Morgan fingerprint density at radius 1 is 1.03 bits per heavy atom. The van der Waals surface area contributed by atoms with Gasteiger partial charge in [-0.2, -0.15) is 0 Å². The quantitative estimate of drug-likeness (QED) is 0.537. The predicted octanol–water partition coefficient (Wildman–Crippen LogP) is 3.26. The molecular formula is C24H31N3O4. The smallest absolute Gasteiger partial charge is 0.411 e. The van der Waals surface area contributed by atoms with Gasteiger partial charge in [0.2, 0.25) is 5.91 Å². The molecule has 3 rings (SSSR count). The third-order valence-corrected chi connectivity index (χ3v) is 5.37. The molecule has 2 aromatic rings. The number of hydrogen-bond donors (Lipinski definition) is 3. The number of nitrogens with zero attached hydrogens (tertiary/aromatic N) is 1. The topological polar surface area (TPSA) is 90.9 Å². The highest BCUT2D eigenvalue weighted by atomic mass is 16.6. The summed E-state index contributed by atoms with van der Waals surface area (Å²) >= 11 is 0. The van der Waals surface area contributed by atoms with E-state index in [0.717, 1.165) is 42.7 Å². The maximum absolute atomic E-state index is 12.5. The number of aliphatic hydroxyl groups is 1. The summed E-state index contributed by atoms with van der Waals surface area (Å²) in [4.78, 5) is 26.5. The van der Waals surface area contributed by atoms with Gasteiger partial charge in [0.1, 0.15) is 6.10 Å². The van der Waals surface area contributed by atoms with Crippen molar-refractivity contribution in [2.45, 2.75) is 31.8 Å². The van der Waals surface area contributed by atoms with Gasteiger partial charge in [-0.25, -0.2) is 4.79 Å². The van der Waals surface area contributed by atoms with E-state index in [2.05, 4.69) is 15.5 Å². The van der Waals surface area contributed by atoms with E-state index < -0.39 is 6.09 Å². The average Bonchev–Trinajstić information content (AvgIpc) is 2.80. The van der Waals surface area contributed by atoms with Gasteiger partial charge in [-0.1, -0.05) is 48.5 Å². The molecule has 3 N–H and O–H groups in total. The molecule has 2 aromatic carbocycles. The van der Waals surface area contributed by atoms with Crippen LogP contribution in [0, 0.1) is 0 Å². The van der Waals surface area contributed by atoms with E-state index in [1.54, 1.807) is 0 Å². The summed E-state index contributed by atoms with van der Waals surface area (Å²) in [6, 6.07) is 17.6. The van der Waals surface area contributed by atoms with Crippen molar-refractivity contribution in [3.05, 3.63) is 54.6 Å². The van der Waals surface area contributed by atoms with E-state index in [-0.39, 0.29) is 18.6 Å².